The Hall–Kier alpha value is -1.49. The molecule has 1 aromatic carbocycles. The Morgan fingerprint density at radius 2 is 1.89 bits per heavy atom. The van der Waals surface area contributed by atoms with Crippen molar-refractivity contribution in [3.05, 3.63) is 29.8 Å². The quantitative estimate of drug-likeness (QED) is 0.822. The van der Waals surface area contributed by atoms with Gasteiger partial charge in [-0.25, -0.2) is 0 Å². The van der Waals surface area contributed by atoms with Crippen LogP contribution in [0.2, 0.25) is 0 Å². The van der Waals surface area contributed by atoms with E-state index in [-0.39, 0.29) is 12.3 Å². The number of nitrogens with zero attached hydrogens (tertiary/aromatic N) is 1. The van der Waals surface area contributed by atoms with E-state index >= 15 is 0 Å². The molecule has 1 heterocycles. The van der Waals surface area contributed by atoms with Gasteiger partial charge in [0.05, 0.1) is 12.2 Å². The first-order valence-corrected chi connectivity index (χ1v) is 6.85. The van der Waals surface area contributed by atoms with Crippen LogP contribution < -0.4 is 0 Å². The summed E-state index contributed by atoms with van der Waals surface area (Å²) in [7, 11) is 0. The molecule has 2 rings (SSSR count). The number of carboxylic acid groups (broad SMARTS) is 1. The molecule has 1 fully saturated rings. The Morgan fingerprint density at radius 3 is 2.39 bits per heavy atom. The van der Waals surface area contributed by atoms with Gasteiger partial charge < -0.3 is 10.0 Å². The number of amides is 1. The molecular formula is C13H15NO3S. The van der Waals surface area contributed by atoms with Crippen LogP contribution in [-0.4, -0.2) is 40.7 Å². The molecule has 0 aliphatic carbocycles. The predicted molar refractivity (Wildman–Crippen MR) is 69.7 cm³/mol. The maximum atomic E-state index is 11.6. The number of thioether (sulfide) groups is 1. The summed E-state index contributed by atoms with van der Waals surface area (Å²) in [6, 6.07) is 7.33. The fourth-order valence-corrected chi connectivity index (χ4v) is 2.48. The number of carbonyl (C=O) groups is 2. The van der Waals surface area contributed by atoms with Gasteiger partial charge in [-0.1, -0.05) is 12.1 Å². The van der Waals surface area contributed by atoms with Crippen molar-refractivity contribution in [1.29, 1.82) is 0 Å². The fraction of sp³-hybridized carbons (Fsp3) is 0.385. The van der Waals surface area contributed by atoms with Crippen LogP contribution in [0.5, 0.6) is 0 Å². The summed E-state index contributed by atoms with van der Waals surface area (Å²) in [6.45, 7) is 1.77. The molecule has 4 nitrogen and oxygen atoms in total. The maximum Gasteiger partial charge on any atom is 0.307 e. The summed E-state index contributed by atoms with van der Waals surface area (Å²) in [5.74, 6) is -0.192. The first-order chi connectivity index (χ1) is 8.65. The van der Waals surface area contributed by atoms with E-state index in [1.54, 1.807) is 12.1 Å². The lowest BCUT2D eigenvalue weighted by atomic mass is 10.2. The lowest BCUT2D eigenvalue weighted by Crippen LogP contribution is -2.42. The third-order valence-corrected chi connectivity index (χ3v) is 3.85. The molecule has 1 aliphatic rings. The zero-order valence-corrected chi connectivity index (χ0v) is 10.8. The van der Waals surface area contributed by atoms with Crippen LogP contribution in [0.25, 0.3) is 0 Å². The van der Waals surface area contributed by atoms with Crippen molar-refractivity contribution in [3.8, 4) is 0 Å². The molecule has 96 valence electrons. The summed E-state index contributed by atoms with van der Waals surface area (Å²) in [5.41, 5.74) is 0.779. The molecule has 0 radical (unpaired) electrons. The van der Waals surface area contributed by atoms with E-state index in [9.17, 15) is 9.59 Å². The predicted octanol–water partition coefficient (Wildman–Crippen LogP) is 1.64. The first-order valence-electron chi connectivity index (χ1n) is 5.86. The van der Waals surface area contributed by atoms with Gasteiger partial charge in [-0.15, -0.1) is 11.8 Å². The fourth-order valence-electron chi connectivity index (χ4n) is 1.68. The Morgan fingerprint density at radius 1 is 1.22 bits per heavy atom. The van der Waals surface area contributed by atoms with Gasteiger partial charge in [0, 0.05) is 18.0 Å². The van der Waals surface area contributed by atoms with Crippen LogP contribution in [0.1, 0.15) is 12.0 Å². The number of carboxylic acids is 1. The van der Waals surface area contributed by atoms with Crippen molar-refractivity contribution in [2.75, 3.05) is 18.8 Å². The second-order valence-corrected chi connectivity index (χ2v) is 5.29. The molecule has 5 heteroatoms. The van der Waals surface area contributed by atoms with Gasteiger partial charge in [0.25, 0.3) is 0 Å². The third kappa shape index (κ3) is 3.50. The molecule has 1 aromatic rings. The van der Waals surface area contributed by atoms with E-state index in [1.165, 1.54) is 11.8 Å². The van der Waals surface area contributed by atoms with Crippen LogP contribution >= 0.6 is 11.8 Å². The average Bonchev–Trinajstić information content (AvgIpc) is 2.25. The molecule has 18 heavy (non-hydrogen) atoms. The van der Waals surface area contributed by atoms with E-state index in [4.69, 9.17) is 5.11 Å². The van der Waals surface area contributed by atoms with Crippen molar-refractivity contribution in [2.24, 2.45) is 0 Å². The van der Waals surface area contributed by atoms with Crippen LogP contribution in [0.4, 0.5) is 0 Å². The summed E-state index contributed by atoms with van der Waals surface area (Å²) < 4.78 is 0. The van der Waals surface area contributed by atoms with Crippen LogP contribution in [-0.2, 0) is 16.0 Å². The number of rotatable bonds is 5. The maximum absolute atomic E-state index is 11.6. The van der Waals surface area contributed by atoms with Gasteiger partial charge in [-0.3, -0.25) is 9.59 Å². The zero-order valence-electron chi connectivity index (χ0n) is 9.96. The van der Waals surface area contributed by atoms with Crippen molar-refractivity contribution in [1.82, 2.24) is 4.90 Å². The van der Waals surface area contributed by atoms with Crippen molar-refractivity contribution >= 4 is 23.6 Å². The highest BCUT2D eigenvalue weighted by Crippen LogP contribution is 2.20. The SMILES string of the molecule is O=C(O)Cc1ccc(SCC(=O)N2CCC2)cc1. The van der Waals surface area contributed by atoms with Gasteiger partial charge in [0.1, 0.15) is 0 Å². The molecule has 0 aromatic heterocycles. The molecule has 0 bridgehead atoms. The normalized spacial score (nSPS) is 14.1. The largest absolute Gasteiger partial charge is 0.481 e. The van der Waals surface area contributed by atoms with Crippen molar-refractivity contribution in [3.63, 3.8) is 0 Å². The van der Waals surface area contributed by atoms with E-state index in [0.29, 0.717) is 5.75 Å². The van der Waals surface area contributed by atoms with Gasteiger partial charge in [-0.2, -0.15) is 0 Å². The number of hydrogen-bond donors (Lipinski definition) is 1. The number of hydrogen-bond acceptors (Lipinski definition) is 3. The highest BCUT2D eigenvalue weighted by Gasteiger charge is 2.19. The van der Waals surface area contributed by atoms with Crippen molar-refractivity contribution in [2.45, 2.75) is 17.7 Å². The second-order valence-electron chi connectivity index (χ2n) is 4.24. The minimum Gasteiger partial charge on any atom is -0.481 e. The smallest absolute Gasteiger partial charge is 0.307 e. The lowest BCUT2D eigenvalue weighted by molar-refractivity contribution is -0.136. The highest BCUT2D eigenvalue weighted by atomic mass is 32.2. The summed E-state index contributed by atoms with van der Waals surface area (Å²) >= 11 is 1.50. The van der Waals surface area contributed by atoms with Gasteiger partial charge in [0.15, 0.2) is 0 Å². The van der Waals surface area contributed by atoms with Crippen LogP contribution in [0.3, 0.4) is 0 Å². The molecule has 1 saturated heterocycles. The molecule has 0 unspecified atom stereocenters. The monoisotopic (exact) mass is 265 g/mol. The summed E-state index contributed by atoms with van der Waals surface area (Å²) in [6.07, 6.45) is 1.15. The lowest BCUT2D eigenvalue weighted by Gasteiger charge is -2.30. The Labute approximate surface area is 110 Å². The number of benzene rings is 1. The Kier molecular flexibility index (Phi) is 4.25. The van der Waals surface area contributed by atoms with Gasteiger partial charge >= 0.3 is 5.97 Å². The summed E-state index contributed by atoms with van der Waals surface area (Å²) in [5, 5.41) is 8.65. The van der Waals surface area contributed by atoms with Crippen molar-refractivity contribution < 1.29 is 14.7 Å². The summed E-state index contributed by atoms with van der Waals surface area (Å²) in [4.78, 5) is 25.0. The number of likely N-dealkylation sites (tertiary alicyclic amines) is 1. The first kappa shape index (κ1) is 13.0. The average molecular weight is 265 g/mol. The minimum atomic E-state index is -0.830. The second kappa shape index (κ2) is 5.91. The van der Waals surface area contributed by atoms with E-state index < -0.39 is 5.97 Å². The van der Waals surface area contributed by atoms with Gasteiger partial charge in [0.2, 0.25) is 5.91 Å². The van der Waals surface area contributed by atoms with Crippen LogP contribution in [0.15, 0.2) is 29.2 Å². The van der Waals surface area contributed by atoms with Crippen LogP contribution in [0, 0.1) is 0 Å². The van der Waals surface area contributed by atoms with E-state index in [1.807, 2.05) is 17.0 Å². The Balaban J connectivity index is 1.82. The van der Waals surface area contributed by atoms with Gasteiger partial charge in [-0.05, 0) is 24.1 Å². The topological polar surface area (TPSA) is 57.6 Å². The molecule has 1 aliphatic heterocycles. The molecule has 1 N–H and O–H groups in total. The van der Waals surface area contributed by atoms with E-state index in [2.05, 4.69) is 0 Å². The number of carbonyl (C=O) groups excluding carboxylic acids is 1. The minimum absolute atomic E-state index is 0.0393. The standard InChI is InChI=1S/C13H15NO3S/c15-12(14-6-1-7-14)9-18-11-4-2-10(3-5-11)8-13(16)17/h2-5H,1,6-9H2,(H,16,17). The molecule has 0 saturated carbocycles. The zero-order chi connectivity index (χ0) is 13.0. The molecule has 0 spiro atoms. The Bertz CT molecular complexity index is 440. The van der Waals surface area contributed by atoms with E-state index in [0.717, 1.165) is 30.0 Å². The number of aliphatic carboxylic acids is 1. The third-order valence-electron chi connectivity index (χ3n) is 2.85. The molecular weight excluding hydrogens is 250 g/mol. The molecule has 0 atom stereocenters. The highest BCUT2D eigenvalue weighted by molar-refractivity contribution is 8.00. The molecule has 1 amide bonds.